The minimum absolute atomic E-state index is 0.0919. The number of aromatic amines is 1. The summed E-state index contributed by atoms with van der Waals surface area (Å²) in [5.74, 6) is 1.12. The van der Waals surface area contributed by atoms with Crippen LogP contribution in [0.25, 0.3) is 10.9 Å². The van der Waals surface area contributed by atoms with Crippen LogP contribution >= 0.6 is 0 Å². The highest BCUT2D eigenvalue weighted by Crippen LogP contribution is 2.19. The van der Waals surface area contributed by atoms with Gasteiger partial charge >= 0.3 is 0 Å². The summed E-state index contributed by atoms with van der Waals surface area (Å²) in [7, 11) is 1.58. The van der Waals surface area contributed by atoms with E-state index < -0.39 is 0 Å². The largest absolute Gasteiger partial charge is 0.497 e. The molecule has 3 rings (SSSR count). The number of ether oxygens (including phenoxy) is 2. The number of aromatic nitrogens is 1. The van der Waals surface area contributed by atoms with E-state index in [2.05, 4.69) is 4.98 Å². The lowest BCUT2D eigenvalue weighted by Gasteiger charge is -2.08. The van der Waals surface area contributed by atoms with Gasteiger partial charge in [0.05, 0.1) is 12.6 Å². The number of H-pyrrole nitrogens is 1. The highest BCUT2D eigenvalue weighted by molar-refractivity contribution is 5.80. The van der Waals surface area contributed by atoms with Crippen LogP contribution in [0.3, 0.4) is 0 Å². The molecule has 0 fully saturated rings. The molecule has 0 atom stereocenters. The van der Waals surface area contributed by atoms with E-state index in [4.69, 9.17) is 9.47 Å². The first-order valence-electron chi connectivity index (χ1n) is 6.64. The molecule has 0 aliphatic rings. The normalized spacial score (nSPS) is 10.5. The van der Waals surface area contributed by atoms with Gasteiger partial charge in [0.1, 0.15) is 12.4 Å². The molecule has 1 aromatic heterocycles. The standard InChI is InChI=1S/C17H15NO3/c1-20-13-7-8-15-14(9-13)16(19)10-17(18-15)21-11-12-5-3-2-4-6-12/h2-10H,11H2,1H3,(H,18,19). The number of nitrogens with one attached hydrogen (secondary N) is 1. The number of rotatable bonds is 4. The number of benzene rings is 2. The molecule has 0 amide bonds. The summed E-state index contributed by atoms with van der Waals surface area (Å²) in [5.41, 5.74) is 1.69. The Hall–Kier alpha value is -2.75. The summed E-state index contributed by atoms with van der Waals surface area (Å²) in [5, 5.41) is 0.585. The lowest BCUT2D eigenvalue weighted by atomic mass is 10.2. The molecule has 0 radical (unpaired) electrons. The predicted molar refractivity (Wildman–Crippen MR) is 81.9 cm³/mol. The van der Waals surface area contributed by atoms with Crippen molar-refractivity contribution in [2.45, 2.75) is 6.61 Å². The average Bonchev–Trinajstić information content (AvgIpc) is 2.54. The topological polar surface area (TPSA) is 51.3 Å². The highest BCUT2D eigenvalue weighted by Gasteiger charge is 2.05. The van der Waals surface area contributed by atoms with Gasteiger partial charge in [0, 0.05) is 11.5 Å². The number of hydrogen-bond acceptors (Lipinski definition) is 3. The molecule has 3 aromatic rings. The van der Waals surface area contributed by atoms with Gasteiger partial charge < -0.3 is 14.5 Å². The van der Waals surface area contributed by atoms with E-state index in [1.165, 1.54) is 6.07 Å². The maximum absolute atomic E-state index is 12.1. The van der Waals surface area contributed by atoms with Crippen LogP contribution in [0.4, 0.5) is 0 Å². The molecule has 4 heteroatoms. The summed E-state index contributed by atoms with van der Waals surface area (Å²) in [4.78, 5) is 15.2. The van der Waals surface area contributed by atoms with Crippen molar-refractivity contribution in [3.8, 4) is 11.6 Å². The Kier molecular flexibility index (Phi) is 3.60. The smallest absolute Gasteiger partial charge is 0.195 e. The maximum atomic E-state index is 12.1. The van der Waals surface area contributed by atoms with Crippen LogP contribution in [0.15, 0.2) is 59.4 Å². The minimum atomic E-state index is -0.0919. The van der Waals surface area contributed by atoms with Gasteiger partial charge in [-0.2, -0.15) is 0 Å². The third kappa shape index (κ3) is 2.89. The molecule has 4 nitrogen and oxygen atoms in total. The van der Waals surface area contributed by atoms with Gasteiger partial charge in [-0.3, -0.25) is 4.79 Å². The SMILES string of the molecule is COc1ccc2[nH]c(OCc3ccccc3)cc(=O)c2c1. The van der Waals surface area contributed by atoms with E-state index in [0.717, 1.165) is 11.1 Å². The molecule has 21 heavy (non-hydrogen) atoms. The third-order valence-corrected chi connectivity index (χ3v) is 3.25. The first-order valence-corrected chi connectivity index (χ1v) is 6.64. The molecule has 0 aliphatic heterocycles. The summed E-state index contributed by atoms with van der Waals surface area (Å²) in [6.07, 6.45) is 0. The van der Waals surface area contributed by atoms with Crippen LogP contribution in [0, 0.1) is 0 Å². The van der Waals surface area contributed by atoms with Gasteiger partial charge in [-0.1, -0.05) is 30.3 Å². The van der Waals surface area contributed by atoms with Crippen molar-refractivity contribution >= 4 is 10.9 Å². The van der Waals surface area contributed by atoms with Crippen molar-refractivity contribution in [3.05, 3.63) is 70.4 Å². The molecule has 1 heterocycles. The van der Waals surface area contributed by atoms with Crippen molar-refractivity contribution in [2.24, 2.45) is 0 Å². The lowest BCUT2D eigenvalue weighted by Crippen LogP contribution is -2.05. The molecule has 0 spiro atoms. The third-order valence-electron chi connectivity index (χ3n) is 3.25. The zero-order valence-electron chi connectivity index (χ0n) is 11.6. The van der Waals surface area contributed by atoms with Gasteiger partial charge in [0.25, 0.3) is 0 Å². The quantitative estimate of drug-likeness (QED) is 0.799. The summed E-state index contributed by atoms with van der Waals surface area (Å²) in [6.45, 7) is 0.415. The van der Waals surface area contributed by atoms with Gasteiger partial charge in [-0.25, -0.2) is 0 Å². The molecule has 106 valence electrons. The zero-order chi connectivity index (χ0) is 14.7. The van der Waals surface area contributed by atoms with Crippen molar-refractivity contribution in [1.82, 2.24) is 4.98 Å². The van der Waals surface area contributed by atoms with Crippen molar-refractivity contribution in [1.29, 1.82) is 0 Å². The van der Waals surface area contributed by atoms with Crippen LogP contribution < -0.4 is 14.9 Å². The van der Waals surface area contributed by atoms with Gasteiger partial charge in [-0.15, -0.1) is 0 Å². The molecule has 1 N–H and O–H groups in total. The van der Waals surface area contributed by atoms with E-state index in [-0.39, 0.29) is 5.43 Å². The molecule has 0 bridgehead atoms. The number of pyridine rings is 1. The minimum Gasteiger partial charge on any atom is -0.497 e. The fourth-order valence-electron chi connectivity index (χ4n) is 2.14. The Bertz CT molecular complexity index is 809. The predicted octanol–water partition coefficient (Wildman–Crippen LogP) is 3.12. The molecular weight excluding hydrogens is 266 g/mol. The monoisotopic (exact) mass is 281 g/mol. The van der Waals surface area contributed by atoms with Crippen LogP contribution in [0.5, 0.6) is 11.6 Å². The highest BCUT2D eigenvalue weighted by atomic mass is 16.5. The van der Waals surface area contributed by atoms with Gasteiger partial charge in [0.15, 0.2) is 11.3 Å². The summed E-state index contributed by atoms with van der Waals surface area (Å²) in [6, 6.07) is 16.6. The zero-order valence-corrected chi connectivity index (χ0v) is 11.6. The summed E-state index contributed by atoms with van der Waals surface area (Å²) >= 11 is 0. The van der Waals surface area contributed by atoms with E-state index in [1.807, 2.05) is 36.4 Å². The van der Waals surface area contributed by atoms with E-state index in [9.17, 15) is 4.79 Å². The Balaban J connectivity index is 1.88. The Morgan fingerprint density at radius 3 is 2.62 bits per heavy atom. The second-order valence-corrected chi connectivity index (χ2v) is 4.68. The first-order chi connectivity index (χ1) is 10.3. The number of methoxy groups -OCH3 is 1. The van der Waals surface area contributed by atoms with E-state index in [1.54, 1.807) is 19.2 Å². The molecule has 0 aliphatic carbocycles. The Morgan fingerprint density at radius 1 is 1.05 bits per heavy atom. The van der Waals surface area contributed by atoms with Crippen LogP contribution in [0.2, 0.25) is 0 Å². The second kappa shape index (κ2) is 5.71. The average molecular weight is 281 g/mol. The van der Waals surface area contributed by atoms with Gasteiger partial charge in [-0.05, 0) is 23.8 Å². The number of fused-ring (bicyclic) bond motifs is 1. The first kappa shape index (κ1) is 13.2. The Labute approximate surface area is 122 Å². The van der Waals surface area contributed by atoms with Crippen LogP contribution in [-0.2, 0) is 6.61 Å². The molecule has 2 aromatic carbocycles. The van der Waals surface area contributed by atoms with E-state index in [0.29, 0.717) is 23.6 Å². The van der Waals surface area contributed by atoms with Crippen molar-refractivity contribution < 1.29 is 9.47 Å². The van der Waals surface area contributed by atoms with Crippen LogP contribution in [-0.4, -0.2) is 12.1 Å². The second-order valence-electron chi connectivity index (χ2n) is 4.68. The van der Waals surface area contributed by atoms with Crippen molar-refractivity contribution in [2.75, 3.05) is 7.11 Å². The molecular formula is C17H15NO3. The maximum Gasteiger partial charge on any atom is 0.195 e. The van der Waals surface area contributed by atoms with Crippen LogP contribution in [0.1, 0.15) is 5.56 Å². The van der Waals surface area contributed by atoms with E-state index >= 15 is 0 Å². The fourth-order valence-corrected chi connectivity index (χ4v) is 2.14. The molecule has 0 saturated carbocycles. The lowest BCUT2D eigenvalue weighted by molar-refractivity contribution is 0.295. The molecule has 0 saturated heterocycles. The number of hydrogen-bond donors (Lipinski definition) is 1. The summed E-state index contributed by atoms with van der Waals surface area (Å²) < 4.78 is 10.8. The van der Waals surface area contributed by atoms with Gasteiger partial charge in [0.2, 0.25) is 0 Å². The van der Waals surface area contributed by atoms with Crippen molar-refractivity contribution in [3.63, 3.8) is 0 Å². The Morgan fingerprint density at radius 2 is 1.86 bits per heavy atom. The molecule has 0 unspecified atom stereocenters. The fraction of sp³-hybridized carbons (Fsp3) is 0.118.